The van der Waals surface area contributed by atoms with Gasteiger partial charge in [0.15, 0.2) is 0 Å². The summed E-state index contributed by atoms with van der Waals surface area (Å²) in [5.74, 6) is 0.273. The molecule has 0 aliphatic carbocycles. The standard InChI is InChI=1S/C10H16O3/c1-7-6-13-10(11)9(7)8-4-2-3-5-12-8/h7-9H,2-6H2,1H3. The molecule has 0 spiro atoms. The lowest BCUT2D eigenvalue weighted by Crippen LogP contribution is -2.33. The van der Waals surface area contributed by atoms with Crippen LogP contribution in [-0.2, 0) is 14.3 Å². The molecule has 74 valence electrons. The van der Waals surface area contributed by atoms with Gasteiger partial charge in [-0.2, -0.15) is 0 Å². The second kappa shape index (κ2) is 3.66. The van der Waals surface area contributed by atoms with Crippen molar-refractivity contribution >= 4 is 5.97 Å². The maximum Gasteiger partial charge on any atom is 0.311 e. The average Bonchev–Trinajstić information content (AvgIpc) is 2.48. The zero-order valence-electron chi connectivity index (χ0n) is 7.99. The molecule has 3 nitrogen and oxygen atoms in total. The minimum atomic E-state index is -0.0561. The lowest BCUT2D eigenvalue weighted by Gasteiger charge is -2.27. The van der Waals surface area contributed by atoms with Crippen LogP contribution in [0.2, 0.25) is 0 Å². The van der Waals surface area contributed by atoms with Gasteiger partial charge in [-0.25, -0.2) is 0 Å². The van der Waals surface area contributed by atoms with E-state index in [1.807, 2.05) is 0 Å². The van der Waals surface area contributed by atoms with Crippen molar-refractivity contribution in [1.82, 2.24) is 0 Å². The molecule has 2 aliphatic heterocycles. The predicted molar refractivity (Wildman–Crippen MR) is 47.2 cm³/mol. The molecule has 2 aliphatic rings. The minimum Gasteiger partial charge on any atom is -0.465 e. The first-order valence-electron chi connectivity index (χ1n) is 5.07. The molecule has 3 heteroatoms. The van der Waals surface area contributed by atoms with Gasteiger partial charge in [-0.3, -0.25) is 4.79 Å². The van der Waals surface area contributed by atoms with Gasteiger partial charge in [0.25, 0.3) is 0 Å². The van der Waals surface area contributed by atoms with Gasteiger partial charge in [0.1, 0.15) is 0 Å². The van der Waals surface area contributed by atoms with Crippen LogP contribution in [0.5, 0.6) is 0 Å². The summed E-state index contributed by atoms with van der Waals surface area (Å²) in [6, 6.07) is 0. The number of rotatable bonds is 1. The summed E-state index contributed by atoms with van der Waals surface area (Å²) in [5, 5.41) is 0. The zero-order chi connectivity index (χ0) is 9.26. The summed E-state index contributed by atoms with van der Waals surface area (Å²) >= 11 is 0. The van der Waals surface area contributed by atoms with Gasteiger partial charge < -0.3 is 9.47 Å². The molecule has 0 aromatic heterocycles. The van der Waals surface area contributed by atoms with Crippen molar-refractivity contribution in [2.24, 2.45) is 11.8 Å². The van der Waals surface area contributed by atoms with Crippen LogP contribution in [0, 0.1) is 11.8 Å². The first kappa shape index (κ1) is 9.00. The van der Waals surface area contributed by atoms with Crippen molar-refractivity contribution in [3.63, 3.8) is 0 Å². The largest absolute Gasteiger partial charge is 0.465 e. The van der Waals surface area contributed by atoms with Gasteiger partial charge in [0, 0.05) is 12.5 Å². The first-order valence-corrected chi connectivity index (χ1v) is 5.07. The number of carbonyl (C=O) groups is 1. The van der Waals surface area contributed by atoms with E-state index in [9.17, 15) is 4.79 Å². The van der Waals surface area contributed by atoms with Crippen LogP contribution in [0.3, 0.4) is 0 Å². The van der Waals surface area contributed by atoms with Crippen LogP contribution in [0.25, 0.3) is 0 Å². The van der Waals surface area contributed by atoms with E-state index in [-0.39, 0.29) is 18.0 Å². The molecule has 0 aromatic carbocycles. The Hall–Kier alpha value is -0.570. The molecule has 2 rings (SSSR count). The second-order valence-electron chi connectivity index (χ2n) is 4.04. The highest BCUT2D eigenvalue weighted by Crippen LogP contribution is 2.31. The van der Waals surface area contributed by atoms with Crippen LogP contribution < -0.4 is 0 Å². The minimum absolute atomic E-state index is 0.000278. The van der Waals surface area contributed by atoms with Gasteiger partial charge in [-0.1, -0.05) is 6.92 Å². The Kier molecular flexibility index (Phi) is 2.54. The van der Waals surface area contributed by atoms with Crippen molar-refractivity contribution in [1.29, 1.82) is 0 Å². The summed E-state index contributed by atoms with van der Waals surface area (Å²) < 4.78 is 10.6. The molecule has 0 amide bonds. The summed E-state index contributed by atoms with van der Waals surface area (Å²) in [5.41, 5.74) is 0. The molecule has 2 heterocycles. The van der Waals surface area contributed by atoms with Crippen molar-refractivity contribution in [3.05, 3.63) is 0 Å². The number of hydrogen-bond acceptors (Lipinski definition) is 3. The van der Waals surface area contributed by atoms with Crippen LogP contribution in [0.1, 0.15) is 26.2 Å². The van der Waals surface area contributed by atoms with Crippen LogP contribution in [0.4, 0.5) is 0 Å². The summed E-state index contributed by atoms with van der Waals surface area (Å²) in [7, 11) is 0. The molecule has 2 fully saturated rings. The number of hydrogen-bond donors (Lipinski definition) is 0. The van der Waals surface area contributed by atoms with Crippen molar-refractivity contribution in [2.75, 3.05) is 13.2 Å². The van der Waals surface area contributed by atoms with E-state index in [1.54, 1.807) is 0 Å². The molecule has 0 N–H and O–H groups in total. The lowest BCUT2D eigenvalue weighted by molar-refractivity contribution is -0.146. The Balaban J connectivity index is 2.00. The van der Waals surface area contributed by atoms with Crippen molar-refractivity contribution < 1.29 is 14.3 Å². The van der Waals surface area contributed by atoms with Crippen LogP contribution in [0.15, 0.2) is 0 Å². The molecule has 0 bridgehead atoms. The normalized spacial score (nSPS) is 40.4. The van der Waals surface area contributed by atoms with Gasteiger partial charge >= 0.3 is 5.97 Å². The van der Waals surface area contributed by atoms with E-state index in [4.69, 9.17) is 9.47 Å². The quantitative estimate of drug-likeness (QED) is 0.577. The van der Waals surface area contributed by atoms with E-state index in [2.05, 4.69) is 6.92 Å². The molecule has 0 aromatic rings. The highest BCUT2D eigenvalue weighted by Gasteiger charge is 2.40. The fourth-order valence-electron chi connectivity index (χ4n) is 2.21. The smallest absolute Gasteiger partial charge is 0.311 e. The topological polar surface area (TPSA) is 35.5 Å². The molecular formula is C10H16O3. The Morgan fingerprint density at radius 1 is 1.38 bits per heavy atom. The van der Waals surface area contributed by atoms with E-state index < -0.39 is 0 Å². The Morgan fingerprint density at radius 2 is 2.23 bits per heavy atom. The third-order valence-corrected chi connectivity index (χ3v) is 2.99. The van der Waals surface area contributed by atoms with Crippen LogP contribution >= 0.6 is 0 Å². The SMILES string of the molecule is CC1COC(=O)C1C1CCCCO1. The molecule has 0 radical (unpaired) electrons. The maximum atomic E-state index is 11.4. The molecule has 0 saturated carbocycles. The number of ether oxygens (including phenoxy) is 2. The second-order valence-corrected chi connectivity index (χ2v) is 4.04. The molecule has 3 atom stereocenters. The number of carbonyl (C=O) groups excluding carboxylic acids is 1. The third-order valence-electron chi connectivity index (χ3n) is 2.99. The Bertz CT molecular complexity index is 196. The highest BCUT2D eigenvalue weighted by atomic mass is 16.5. The van der Waals surface area contributed by atoms with Gasteiger partial charge in [-0.05, 0) is 19.3 Å². The predicted octanol–water partition coefficient (Wildman–Crippen LogP) is 1.36. The molecule has 3 unspecified atom stereocenters. The Labute approximate surface area is 78.4 Å². The first-order chi connectivity index (χ1) is 6.29. The monoisotopic (exact) mass is 184 g/mol. The van der Waals surface area contributed by atoms with E-state index >= 15 is 0 Å². The summed E-state index contributed by atoms with van der Waals surface area (Å²) in [4.78, 5) is 11.4. The average molecular weight is 184 g/mol. The fourth-order valence-corrected chi connectivity index (χ4v) is 2.21. The Morgan fingerprint density at radius 3 is 2.77 bits per heavy atom. The van der Waals surface area contributed by atoms with Gasteiger partial charge in [0.2, 0.25) is 0 Å². The highest BCUT2D eigenvalue weighted by molar-refractivity contribution is 5.75. The molecule has 2 saturated heterocycles. The fraction of sp³-hybridized carbons (Fsp3) is 0.900. The molecule has 13 heavy (non-hydrogen) atoms. The summed E-state index contributed by atoms with van der Waals surface area (Å²) in [6.45, 7) is 3.44. The zero-order valence-corrected chi connectivity index (χ0v) is 7.99. The van der Waals surface area contributed by atoms with Crippen LogP contribution in [-0.4, -0.2) is 25.3 Å². The van der Waals surface area contributed by atoms with E-state index in [0.29, 0.717) is 12.5 Å². The van der Waals surface area contributed by atoms with E-state index in [1.165, 1.54) is 6.42 Å². The summed E-state index contributed by atoms with van der Waals surface area (Å²) in [6.07, 6.45) is 3.46. The lowest BCUT2D eigenvalue weighted by atomic mass is 9.88. The van der Waals surface area contributed by atoms with E-state index in [0.717, 1.165) is 19.4 Å². The van der Waals surface area contributed by atoms with Gasteiger partial charge in [0.05, 0.1) is 18.6 Å². The van der Waals surface area contributed by atoms with Gasteiger partial charge in [-0.15, -0.1) is 0 Å². The van der Waals surface area contributed by atoms with Crippen molar-refractivity contribution in [3.8, 4) is 0 Å². The maximum absolute atomic E-state index is 11.4. The third kappa shape index (κ3) is 1.70. The molecular weight excluding hydrogens is 168 g/mol. The number of cyclic esters (lactones) is 1. The van der Waals surface area contributed by atoms with Crippen molar-refractivity contribution in [2.45, 2.75) is 32.3 Å². The number of esters is 1.